The first kappa shape index (κ1) is 11.1. The molecule has 2 heterocycles. The third-order valence-corrected chi connectivity index (χ3v) is 5.10. The van der Waals surface area contributed by atoms with Crippen LogP contribution in [0.2, 0.25) is 0 Å². The Morgan fingerprint density at radius 1 is 1.60 bits per heavy atom. The van der Waals surface area contributed by atoms with Crippen LogP contribution in [0.5, 0.6) is 0 Å². The summed E-state index contributed by atoms with van der Waals surface area (Å²) in [6.45, 7) is 1.63. The van der Waals surface area contributed by atoms with Gasteiger partial charge in [0.1, 0.15) is 10.8 Å². The van der Waals surface area contributed by atoms with Gasteiger partial charge in [-0.2, -0.15) is 11.8 Å². The van der Waals surface area contributed by atoms with E-state index in [0.717, 1.165) is 4.88 Å². The molecule has 1 atom stereocenters. The van der Waals surface area contributed by atoms with Crippen LogP contribution in [-0.2, 0) is 11.2 Å². The number of aromatic nitrogens is 1. The maximum absolute atomic E-state index is 11.0. The van der Waals surface area contributed by atoms with Gasteiger partial charge in [0.05, 0.1) is 5.25 Å². The monoisotopic (exact) mass is 241 g/mol. The summed E-state index contributed by atoms with van der Waals surface area (Å²) < 4.78 is 0. The molecule has 1 unspecified atom stereocenters. The molecule has 0 saturated carbocycles. The van der Waals surface area contributed by atoms with Crippen LogP contribution in [0.15, 0.2) is 6.20 Å². The fraction of sp³-hybridized carbons (Fsp3) is 0.636. The molecule has 1 aromatic rings. The zero-order valence-electron chi connectivity index (χ0n) is 8.86. The van der Waals surface area contributed by atoms with Crippen molar-refractivity contribution in [1.29, 1.82) is 0 Å². The van der Waals surface area contributed by atoms with Crippen molar-refractivity contribution in [1.82, 2.24) is 4.98 Å². The molecule has 0 aromatic carbocycles. The minimum absolute atomic E-state index is 0.224. The SMILES string of the molecule is CC(=O)Cc1cnc(C2CCCCS2)s1. The van der Waals surface area contributed by atoms with Gasteiger partial charge in [-0.05, 0) is 25.5 Å². The Hall–Kier alpha value is -0.350. The van der Waals surface area contributed by atoms with E-state index < -0.39 is 0 Å². The minimum Gasteiger partial charge on any atom is -0.300 e. The Labute approximate surface area is 98.5 Å². The summed E-state index contributed by atoms with van der Waals surface area (Å²) in [4.78, 5) is 16.5. The van der Waals surface area contributed by atoms with Gasteiger partial charge < -0.3 is 0 Å². The molecule has 4 heteroatoms. The molecule has 0 bridgehead atoms. The molecule has 0 radical (unpaired) electrons. The van der Waals surface area contributed by atoms with Crippen LogP contribution in [0, 0.1) is 0 Å². The van der Waals surface area contributed by atoms with Crippen molar-refractivity contribution in [3.63, 3.8) is 0 Å². The van der Waals surface area contributed by atoms with Gasteiger partial charge >= 0.3 is 0 Å². The average molecular weight is 241 g/mol. The Morgan fingerprint density at radius 2 is 2.47 bits per heavy atom. The van der Waals surface area contributed by atoms with Crippen LogP contribution >= 0.6 is 23.1 Å². The predicted octanol–water partition coefficient (Wildman–Crippen LogP) is 3.23. The number of rotatable bonds is 3. The molecule has 82 valence electrons. The second-order valence-electron chi connectivity index (χ2n) is 3.90. The summed E-state index contributed by atoms with van der Waals surface area (Å²) in [6.07, 6.45) is 6.33. The van der Waals surface area contributed by atoms with Crippen molar-refractivity contribution < 1.29 is 4.79 Å². The van der Waals surface area contributed by atoms with Gasteiger partial charge in [-0.25, -0.2) is 4.98 Å². The summed E-state index contributed by atoms with van der Waals surface area (Å²) in [5, 5.41) is 1.81. The van der Waals surface area contributed by atoms with Crippen molar-refractivity contribution in [3.8, 4) is 0 Å². The van der Waals surface area contributed by atoms with Gasteiger partial charge in [0.25, 0.3) is 0 Å². The molecular weight excluding hydrogens is 226 g/mol. The van der Waals surface area contributed by atoms with Gasteiger partial charge in [-0.15, -0.1) is 11.3 Å². The number of carbonyl (C=O) groups is 1. The normalized spacial score (nSPS) is 21.5. The standard InChI is InChI=1S/C11H15NOS2/c1-8(13)6-9-7-12-11(15-9)10-4-2-3-5-14-10/h7,10H,2-6H2,1H3. The zero-order chi connectivity index (χ0) is 10.7. The van der Waals surface area contributed by atoms with E-state index in [4.69, 9.17) is 0 Å². The lowest BCUT2D eigenvalue weighted by atomic mass is 10.2. The van der Waals surface area contributed by atoms with Crippen molar-refractivity contribution in [2.45, 2.75) is 37.9 Å². The average Bonchev–Trinajstić information content (AvgIpc) is 2.67. The number of thioether (sulfide) groups is 1. The van der Waals surface area contributed by atoms with E-state index >= 15 is 0 Å². The molecular formula is C11H15NOS2. The van der Waals surface area contributed by atoms with E-state index in [1.54, 1.807) is 18.3 Å². The highest BCUT2D eigenvalue weighted by molar-refractivity contribution is 7.99. The smallest absolute Gasteiger partial charge is 0.135 e. The molecule has 2 rings (SSSR count). The van der Waals surface area contributed by atoms with Crippen molar-refractivity contribution in [2.75, 3.05) is 5.75 Å². The van der Waals surface area contributed by atoms with Crippen molar-refractivity contribution in [2.24, 2.45) is 0 Å². The van der Waals surface area contributed by atoms with Gasteiger partial charge in [-0.3, -0.25) is 4.79 Å². The van der Waals surface area contributed by atoms with Gasteiger partial charge in [0, 0.05) is 17.5 Å². The maximum atomic E-state index is 11.0. The second kappa shape index (κ2) is 5.12. The quantitative estimate of drug-likeness (QED) is 0.814. The molecule has 1 aliphatic heterocycles. The third kappa shape index (κ3) is 3.05. The highest BCUT2D eigenvalue weighted by atomic mass is 32.2. The maximum Gasteiger partial charge on any atom is 0.135 e. The molecule has 0 N–H and O–H groups in total. The summed E-state index contributed by atoms with van der Waals surface area (Å²) in [7, 11) is 0. The number of hydrogen-bond acceptors (Lipinski definition) is 4. The molecule has 1 aromatic heterocycles. The number of ketones is 1. The topological polar surface area (TPSA) is 30.0 Å². The lowest BCUT2D eigenvalue weighted by Gasteiger charge is -2.18. The molecule has 1 aliphatic rings. The summed E-state index contributed by atoms with van der Waals surface area (Å²) >= 11 is 3.73. The summed E-state index contributed by atoms with van der Waals surface area (Å²) in [6, 6.07) is 0. The third-order valence-electron chi connectivity index (χ3n) is 2.45. The highest BCUT2D eigenvalue weighted by Gasteiger charge is 2.19. The molecule has 1 fully saturated rings. The fourth-order valence-corrected chi connectivity index (χ4v) is 4.28. The van der Waals surface area contributed by atoms with E-state index in [1.807, 2.05) is 18.0 Å². The first-order valence-electron chi connectivity index (χ1n) is 5.31. The number of hydrogen-bond donors (Lipinski definition) is 0. The first-order valence-corrected chi connectivity index (χ1v) is 7.18. The number of nitrogens with zero attached hydrogens (tertiary/aromatic N) is 1. The Bertz CT molecular complexity index is 342. The highest BCUT2D eigenvalue weighted by Crippen LogP contribution is 2.39. The Balaban J connectivity index is 2.02. The molecule has 0 aliphatic carbocycles. The Kier molecular flexibility index (Phi) is 3.81. The van der Waals surface area contributed by atoms with E-state index in [9.17, 15) is 4.79 Å². The van der Waals surface area contributed by atoms with E-state index in [2.05, 4.69) is 4.98 Å². The second-order valence-corrected chi connectivity index (χ2v) is 6.36. The molecule has 0 amide bonds. The van der Waals surface area contributed by atoms with Crippen LogP contribution in [0.25, 0.3) is 0 Å². The number of carbonyl (C=O) groups excluding carboxylic acids is 1. The Morgan fingerprint density at radius 3 is 3.13 bits per heavy atom. The first-order chi connectivity index (χ1) is 7.25. The van der Waals surface area contributed by atoms with Crippen LogP contribution in [0.4, 0.5) is 0 Å². The summed E-state index contributed by atoms with van der Waals surface area (Å²) in [5.74, 6) is 1.48. The van der Waals surface area contributed by atoms with Crippen LogP contribution in [0.1, 0.15) is 41.3 Å². The zero-order valence-corrected chi connectivity index (χ0v) is 10.5. The van der Waals surface area contributed by atoms with Gasteiger partial charge in [0.15, 0.2) is 0 Å². The predicted molar refractivity (Wildman–Crippen MR) is 65.5 cm³/mol. The lowest BCUT2D eigenvalue weighted by Crippen LogP contribution is -2.01. The van der Waals surface area contributed by atoms with Crippen molar-refractivity contribution in [3.05, 3.63) is 16.1 Å². The summed E-state index contributed by atoms with van der Waals surface area (Å²) in [5.41, 5.74) is 0. The van der Waals surface area contributed by atoms with Crippen LogP contribution < -0.4 is 0 Å². The largest absolute Gasteiger partial charge is 0.300 e. The van der Waals surface area contributed by atoms with Crippen LogP contribution in [0.3, 0.4) is 0 Å². The minimum atomic E-state index is 0.224. The number of thiazole rings is 1. The van der Waals surface area contributed by atoms with Gasteiger partial charge in [-0.1, -0.05) is 6.42 Å². The van der Waals surface area contributed by atoms with E-state index in [0.29, 0.717) is 11.7 Å². The molecule has 0 spiro atoms. The lowest BCUT2D eigenvalue weighted by molar-refractivity contribution is -0.116. The van der Waals surface area contributed by atoms with Gasteiger partial charge in [0.2, 0.25) is 0 Å². The van der Waals surface area contributed by atoms with Crippen molar-refractivity contribution >= 4 is 28.9 Å². The van der Waals surface area contributed by atoms with E-state index in [-0.39, 0.29) is 5.78 Å². The molecule has 1 saturated heterocycles. The molecule has 15 heavy (non-hydrogen) atoms. The number of Topliss-reactive ketones (excluding diaryl/α,β-unsaturated/α-hetero) is 1. The van der Waals surface area contributed by atoms with Crippen LogP contribution in [-0.4, -0.2) is 16.5 Å². The van der Waals surface area contributed by atoms with E-state index in [1.165, 1.54) is 30.0 Å². The fourth-order valence-electron chi connectivity index (χ4n) is 1.73. The molecule has 2 nitrogen and oxygen atoms in total.